The van der Waals surface area contributed by atoms with Gasteiger partial charge >= 0.3 is 0 Å². The summed E-state index contributed by atoms with van der Waals surface area (Å²) in [4.78, 5) is 11.9. The number of aryl methyl sites for hydroxylation is 1. The first-order valence-electron chi connectivity index (χ1n) is 5.71. The van der Waals surface area contributed by atoms with Gasteiger partial charge in [0.15, 0.2) is 0 Å². The second kappa shape index (κ2) is 7.44. The van der Waals surface area contributed by atoms with Crippen molar-refractivity contribution in [2.24, 2.45) is 0 Å². The van der Waals surface area contributed by atoms with E-state index in [9.17, 15) is 4.79 Å². The number of hydrogen-bond donors (Lipinski definition) is 1. The Morgan fingerprint density at radius 3 is 2.75 bits per heavy atom. The van der Waals surface area contributed by atoms with Gasteiger partial charge in [-0.05, 0) is 30.9 Å². The van der Waals surface area contributed by atoms with Crippen LogP contribution in [0.4, 0.5) is 0 Å². The molecule has 88 valence electrons. The molecule has 0 aliphatic rings. The number of alkyl halides is 1. The molecule has 0 fully saturated rings. The Morgan fingerprint density at radius 1 is 1.31 bits per heavy atom. The minimum atomic E-state index is 0.0482. The van der Waals surface area contributed by atoms with E-state index in [1.807, 2.05) is 24.3 Å². The first kappa shape index (κ1) is 13.2. The first-order valence-corrected chi connectivity index (χ1v) is 6.83. The molecule has 16 heavy (non-hydrogen) atoms. The molecule has 0 unspecified atom stereocenters. The molecule has 0 saturated heterocycles. The van der Waals surface area contributed by atoms with Gasteiger partial charge in [0.1, 0.15) is 0 Å². The average Bonchev–Trinajstić information content (AvgIpc) is 2.34. The van der Waals surface area contributed by atoms with Gasteiger partial charge in [0.2, 0.25) is 0 Å². The van der Waals surface area contributed by atoms with Crippen LogP contribution >= 0.6 is 15.9 Å². The van der Waals surface area contributed by atoms with Crippen LogP contribution in [0.3, 0.4) is 0 Å². The van der Waals surface area contributed by atoms with Crippen LogP contribution in [-0.2, 0) is 6.42 Å². The monoisotopic (exact) mass is 283 g/mol. The molecular formula is C13H18BrNO. The standard InChI is InChI=1S/C13H18BrNO/c1-2-11-7-3-4-8-12(11)13(16)15-10-6-5-9-14/h3-4,7-8H,2,5-6,9-10H2,1H3,(H,15,16). The lowest BCUT2D eigenvalue weighted by Crippen LogP contribution is -2.25. The predicted molar refractivity (Wildman–Crippen MR) is 71.2 cm³/mol. The van der Waals surface area contributed by atoms with Gasteiger partial charge in [0, 0.05) is 17.4 Å². The molecule has 1 aromatic carbocycles. The van der Waals surface area contributed by atoms with Crippen molar-refractivity contribution < 1.29 is 4.79 Å². The van der Waals surface area contributed by atoms with Crippen LogP contribution < -0.4 is 5.32 Å². The van der Waals surface area contributed by atoms with Gasteiger partial charge in [-0.2, -0.15) is 0 Å². The van der Waals surface area contributed by atoms with Crippen molar-refractivity contribution >= 4 is 21.8 Å². The maximum Gasteiger partial charge on any atom is 0.251 e. The number of hydrogen-bond acceptors (Lipinski definition) is 1. The van der Waals surface area contributed by atoms with E-state index in [4.69, 9.17) is 0 Å². The Balaban J connectivity index is 2.52. The summed E-state index contributed by atoms with van der Waals surface area (Å²) < 4.78 is 0. The van der Waals surface area contributed by atoms with Gasteiger partial charge in [-0.15, -0.1) is 0 Å². The van der Waals surface area contributed by atoms with E-state index in [1.165, 1.54) is 0 Å². The normalized spacial score (nSPS) is 10.1. The lowest BCUT2D eigenvalue weighted by atomic mass is 10.0. The highest BCUT2D eigenvalue weighted by Gasteiger charge is 2.08. The topological polar surface area (TPSA) is 29.1 Å². The minimum absolute atomic E-state index is 0.0482. The van der Waals surface area contributed by atoms with Crippen LogP contribution in [0.5, 0.6) is 0 Å². The molecule has 1 aromatic rings. The largest absolute Gasteiger partial charge is 0.352 e. The van der Waals surface area contributed by atoms with E-state index in [2.05, 4.69) is 28.2 Å². The Morgan fingerprint density at radius 2 is 2.06 bits per heavy atom. The fourth-order valence-electron chi connectivity index (χ4n) is 1.57. The maximum atomic E-state index is 11.9. The van der Waals surface area contributed by atoms with Gasteiger partial charge in [-0.25, -0.2) is 0 Å². The lowest BCUT2D eigenvalue weighted by Gasteiger charge is -2.08. The molecule has 0 saturated carbocycles. The highest BCUT2D eigenvalue weighted by molar-refractivity contribution is 9.09. The minimum Gasteiger partial charge on any atom is -0.352 e. The van der Waals surface area contributed by atoms with Gasteiger partial charge in [-0.3, -0.25) is 4.79 Å². The van der Waals surface area contributed by atoms with Crippen molar-refractivity contribution in [1.29, 1.82) is 0 Å². The first-order chi connectivity index (χ1) is 7.79. The lowest BCUT2D eigenvalue weighted by molar-refractivity contribution is 0.0952. The molecule has 1 amide bonds. The molecule has 0 bridgehead atoms. The highest BCUT2D eigenvalue weighted by atomic mass is 79.9. The van der Waals surface area contributed by atoms with Crippen LogP contribution in [0.15, 0.2) is 24.3 Å². The molecule has 0 spiro atoms. The molecule has 0 heterocycles. The second-order valence-electron chi connectivity index (χ2n) is 3.66. The summed E-state index contributed by atoms with van der Waals surface area (Å²) in [6.45, 7) is 2.82. The van der Waals surface area contributed by atoms with Crippen molar-refractivity contribution in [3.05, 3.63) is 35.4 Å². The molecule has 1 rings (SSSR count). The van der Waals surface area contributed by atoms with Crippen LogP contribution in [-0.4, -0.2) is 17.8 Å². The molecule has 0 aliphatic carbocycles. The van der Waals surface area contributed by atoms with Crippen LogP contribution in [0, 0.1) is 0 Å². The summed E-state index contributed by atoms with van der Waals surface area (Å²) in [6.07, 6.45) is 3.01. The Kier molecular flexibility index (Phi) is 6.16. The van der Waals surface area contributed by atoms with Gasteiger partial charge in [0.05, 0.1) is 0 Å². The third-order valence-corrected chi connectivity index (χ3v) is 3.05. The Labute approximate surface area is 106 Å². The van der Waals surface area contributed by atoms with Crippen molar-refractivity contribution in [3.63, 3.8) is 0 Å². The molecule has 0 atom stereocenters. The van der Waals surface area contributed by atoms with Crippen molar-refractivity contribution in [1.82, 2.24) is 5.32 Å². The maximum absolute atomic E-state index is 11.9. The number of rotatable bonds is 6. The van der Waals surface area contributed by atoms with E-state index in [1.54, 1.807) is 0 Å². The molecule has 3 heteroatoms. The number of carbonyl (C=O) groups excluding carboxylic acids is 1. The van der Waals surface area contributed by atoms with E-state index in [-0.39, 0.29) is 5.91 Å². The second-order valence-corrected chi connectivity index (χ2v) is 4.46. The smallest absolute Gasteiger partial charge is 0.251 e. The number of unbranched alkanes of at least 4 members (excludes halogenated alkanes) is 1. The quantitative estimate of drug-likeness (QED) is 0.631. The highest BCUT2D eigenvalue weighted by Crippen LogP contribution is 2.09. The molecule has 0 radical (unpaired) electrons. The predicted octanol–water partition coefficient (Wildman–Crippen LogP) is 3.15. The zero-order valence-electron chi connectivity index (χ0n) is 9.63. The zero-order chi connectivity index (χ0) is 11.8. The third kappa shape index (κ3) is 3.97. The van der Waals surface area contributed by atoms with Crippen LogP contribution in [0.1, 0.15) is 35.7 Å². The Bertz CT molecular complexity index is 338. The van der Waals surface area contributed by atoms with E-state index in [0.717, 1.165) is 42.3 Å². The molecule has 2 nitrogen and oxygen atoms in total. The molecule has 1 N–H and O–H groups in total. The Hall–Kier alpha value is -0.830. The van der Waals surface area contributed by atoms with Gasteiger partial charge in [0.25, 0.3) is 5.91 Å². The number of carbonyl (C=O) groups is 1. The van der Waals surface area contributed by atoms with Crippen LogP contribution in [0.25, 0.3) is 0 Å². The summed E-state index contributed by atoms with van der Waals surface area (Å²) >= 11 is 3.37. The fourth-order valence-corrected chi connectivity index (χ4v) is 1.96. The molecular weight excluding hydrogens is 266 g/mol. The van der Waals surface area contributed by atoms with Crippen molar-refractivity contribution in [3.8, 4) is 0 Å². The molecule has 0 aromatic heterocycles. The zero-order valence-corrected chi connectivity index (χ0v) is 11.2. The number of amides is 1. The summed E-state index contributed by atoms with van der Waals surface area (Å²) in [5.74, 6) is 0.0482. The van der Waals surface area contributed by atoms with Gasteiger partial charge in [-0.1, -0.05) is 41.1 Å². The average molecular weight is 284 g/mol. The number of nitrogens with one attached hydrogen (secondary N) is 1. The fraction of sp³-hybridized carbons (Fsp3) is 0.462. The summed E-state index contributed by atoms with van der Waals surface area (Å²) in [6, 6.07) is 7.78. The van der Waals surface area contributed by atoms with Crippen molar-refractivity contribution in [2.75, 3.05) is 11.9 Å². The SMILES string of the molecule is CCc1ccccc1C(=O)NCCCCBr. The molecule has 0 aliphatic heterocycles. The summed E-state index contributed by atoms with van der Waals surface area (Å²) in [5, 5.41) is 3.94. The summed E-state index contributed by atoms with van der Waals surface area (Å²) in [5.41, 5.74) is 1.92. The third-order valence-electron chi connectivity index (χ3n) is 2.49. The van der Waals surface area contributed by atoms with Gasteiger partial charge < -0.3 is 5.32 Å². The van der Waals surface area contributed by atoms with E-state index in [0.29, 0.717) is 0 Å². The van der Waals surface area contributed by atoms with Crippen LogP contribution in [0.2, 0.25) is 0 Å². The number of halogens is 1. The number of benzene rings is 1. The summed E-state index contributed by atoms with van der Waals surface area (Å²) in [7, 11) is 0. The van der Waals surface area contributed by atoms with Crippen molar-refractivity contribution in [2.45, 2.75) is 26.2 Å². The van der Waals surface area contributed by atoms with E-state index < -0.39 is 0 Å². The van der Waals surface area contributed by atoms with E-state index >= 15 is 0 Å².